The first-order chi connectivity index (χ1) is 19.3. The molecule has 0 unspecified atom stereocenters. The van der Waals surface area contributed by atoms with Crippen molar-refractivity contribution in [2.24, 2.45) is 5.92 Å². The summed E-state index contributed by atoms with van der Waals surface area (Å²) in [5, 5.41) is 21.1. The fourth-order valence-corrected chi connectivity index (χ4v) is 6.03. The van der Waals surface area contributed by atoms with Crippen molar-refractivity contribution in [3.8, 4) is 5.75 Å². The molecule has 10 heteroatoms. The molecule has 41 heavy (non-hydrogen) atoms. The Morgan fingerprint density at radius 1 is 1.10 bits per heavy atom. The van der Waals surface area contributed by atoms with Crippen molar-refractivity contribution in [1.29, 1.82) is 5.41 Å². The molecule has 0 saturated heterocycles. The van der Waals surface area contributed by atoms with Crippen LogP contribution >= 0.6 is 47.4 Å². The Kier molecular flexibility index (Phi) is 9.77. The Hall–Kier alpha value is -2.55. The average Bonchev–Trinajstić information content (AvgIpc) is 2.90. The summed E-state index contributed by atoms with van der Waals surface area (Å²) in [5.41, 5.74) is 1.08. The molecule has 0 amide bonds. The number of esters is 1. The van der Waals surface area contributed by atoms with Crippen molar-refractivity contribution in [2.75, 3.05) is 13.7 Å². The third-order valence-electron chi connectivity index (χ3n) is 7.18. The van der Waals surface area contributed by atoms with Gasteiger partial charge in [0.1, 0.15) is 18.2 Å². The zero-order chi connectivity index (χ0) is 30.1. The smallest absolute Gasteiger partial charge is 0.337 e. The highest BCUT2D eigenvalue weighted by molar-refractivity contribution is 7.84. The maximum Gasteiger partial charge on any atom is 0.337 e. The van der Waals surface area contributed by atoms with Gasteiger partial charge in [-0.1, -0.05) is 60.8 Å². The predicted octanol–water partition coefficient (Wildman–Crippen LogP) is 8.62. The summed E-state index contributed by atoms with van der Waals surface area (Å²) in [6.45, 7) is 3.94. The van der Waals surface area contributed by atoms with Gasteiger partial charge in [0.05, 0.1) is 39.1 Å². The van der Waals surface area contributed by atoms with Gasteiger partial charge >= 0.3 is 5.97 Å². The number of rotatable bonds is 9. The Morgan fingerprint density at radius 3 is 2.34 bits per heavy atom. The number of halogens is 4. The molecule has 0 radical (unpaired) electrons. The van der Waals surface area contributed by atoms with Crippen molar-refractivity contribution in [3.05, 3.63) is 108 Å². The first kappa shape index (κ1) is 31.4. The quantitative estimate of drug-likeness (QED) is 0.125. The lowest BCUT2D eigenvalue weighted by molar-refractivity contribution is -0.0549. The van der Waals surface area contributed by atoms with Crippen LogP contribution in [-0.4, -0.2) is 30.5 Å². The molecule has 1 saturated carbocycles. The molecular formula is C31H29Cl3FNO4S. The van der Waals surface area contributed by atoms with Gasteiger partial charge < -0.3 is 14.6 Å². The summed E-state index contributed by atoms with van der Waals surface area (Å²) >= 11 is 24.0. The standard InChI is InChI=1S/C31H29Cl3FNO4S/c1-16(2)29(41)22(28(36)27-24(32)5-4-6-25(27)33)15-40-21-7-8-23(26(34)12-21)31(38)13-19(14-31)17-9-18(30(37)39-3)11-20(35)10-17/h4-12,16,19,36,38,41H,13-15H2,1-3H3/b29-22-,36-28?. The maximum atomic E-state index is 14.1. The number of hydrogen-bond donors (Lipinski definition) is 3. The number of methoxy groups -OCH3 is 1. The molecule has 3 aromatic rings. The van der Waals surface area contributed by atoms with Gasteiger partial charge in [-0.05, 0) is 77.6 Å². The summed E-state index contributed by atoms with van der Waals surface area (Å²) < 4.78 is 24.9. The van der Waals surface area contributed by atoms with E-state index in [0.29, 0.717) is 60.8 Å². The second kappa shape index (κ2) is 12.8. The minimum absolute atomic E-state index is 0.0154. The summed E-state index contributed by atoms with van der Waals surface area (Å²) in [5.74, 6) is -0.872. The van der Waals surface area contributed by atoms with Crippen LogP contribution in [-0.2, 0) is 10.3 Å². The number of ether oxygens (including phenoxy) is 2. The monoisotopic (exact) mass is 635 g/mol. The molecule has 2 N–H and O–H groups in total. The molecule has 1 aliphatic rings. The van der Waals surface area contributed by atoms with Gasteiger partial charge in [-0.25, -0.2) is 9.18 Å². The number of aliphatic hydroxyl groups is 1. The number of hydrogen-bond acceptors (Lipinski definition) is 6. The van der Waals surface area contributed by atoms with E-state index in [-0.39, 0.29) is 29.7 Å². The highest BCUT2D eigenvalue weighted by atomic mass is 35.5. The second-order valence-electron chi connectivity index (χ2n) is 10.3. The molecule has 0 atom stereocenters. The highest BCUT2D eigenvalue weighted by Gasteiger charge is 2.46. The first-order valence-corrected chi connectivity index (χ1v) is 14.4. The van der Waals surface area contributed by atoms with Gasteiger partial charge in [-0.15, -0.1) is 12.6 Å². The minimum atomic E-state index is -1.22. The summed E-state index contributed by atoms with van der Waals surface area (Å²) in [7, 11) is 1.24. The molecule has 0 bridgehead atoms. The van der Waals surface area contributed by atoms with E-state index in [2.05, 4.69) is 12.6 Å². The lowest BCUT2D eigenvalue weighted by atomic mass is 9.65. The van der Waals surface area contributed by atoms with Crippen LogP contribution < -0.4 is 4.74 Å². The SMILES string of the molecule is COC(=O)c1cc(F)cc(C2CC(O)(c3ccc(OC/C(C(=N)c4c(Cl)cccc4Cl)=C(/S)C(C)C)cc3Cl)C2)c1. The molecule has 216 valence electrons. The summed E-state index contributed by atoms with van der Waals surface area (Å²) in [6, 6.07) is 14.1. The minimum Gasteiger partial charge on any atom is -0.489 e. The summed E-state index contributed by atoms with van der Waals surface area (Å²) in [6.07, 6.45) is 0.605. The largest absolute Gasteiger partial charge is 0.489 e. The topological polar surface area (TPSA) is 79.6 Å². The average molecular weight is 637 g/mol. The van der Waals surface area contributed by atoms with Crippen LogP contribution in [0.15, 0.2) is 65.1 Å². The normalized spacial score (nSPS) is 18.9. The molecule has 1 aliphatic carbocycles. The number of thiol groups is 1. The van der Waals surface area contributed by atoms with Crippen LogP contribution in [0.25, 0.3) is 0 Å². The number of carbonyl (C=O) groups excluding carboxylic acids is 1. The zero-order valence-corrected chi connectivity index (χ0v) is 25.8. The molecule has 1 fully saturated rings. The van der Waals surface area contributed by atoms with E-state index in [1.807, 2.05) is 13.8 Å². The molecule has 0 aromatic heterocycles. The van der Waals surface area contributed by atoms with Gasteiger partial charge in [0, 0.05) is 16.7 Å². The molecule has 0 aliphatic heterocycles. The van der Waals surface area contributed by atoms with Crippen molar-refractivity contribution >= 4 is 59.1 Å². The summed E-state index contributed by atoms with van der Waals surface area (Å²) in [4.78, 5) is 12.5. The van der Waals surface area contributed by atoms with Crippen molar-refractivity contribution in [1.82, 2.24) is 0 Å². The molecular weight excluding hydrogens is 608 g/mol. The maximum absolute atomic E-state index is 14.1. The van der Waals surface area contributed by atoms with Gasteiger partial charge in [0.2, 0.25) is 0 Å². The van der Waals surface area contributed by atoms with E-state index in [1.165, 1.54) is 13.2 Å². The Morgan fingerprint density at radius 2 is 1.76 bits per heavy atom. The van der Waals surface area contributed by atoms with Gasteiger partial charge in [-0.2, -0.15) is 0 Å². The Labute approximate surface area is 259 Å². The van der Waals surface area contributed by atoms with E-state index in [0.717, 1.165) is 6.07 Å². The molecule has 3 aromatic carbocycles. The lowest BCUT2D eigenvalue weighted by Crippen LogP contribution is -2.40. The number of allylic oxidation sites excluding steroid dienone is 1. The Bertz CT molecular complexity index is 1520. The van der Waals surface area contributed by atoms with Gasteiger partial charge in [0.15, 0.2) is 0 Å². The molecule has 0 spiro atoms. The second-order valence-corrected chi connectivity index (χ2v) is 12.0. The van der Waals surface area contributed by atoms with Crippen LogP contribution in [0.2, 0.25) is 15.1 Å². The molecule has 5 nitrogen and oxygen atoms in total. The zero-order valence-electron chi connectivity index (χ0n) is 22.6. The van der Waals surface area contributed by atoms with Crippen molar-refractivity contribution in [3.63, 3.8) is 0 Å². The third kappa shape index (κ3) is 6.76. The third-order valence-corrected chi connectivity index (χ3v) is 8.91. The Balaban J connectivity index is 1.50. The van der Waals surface area contributed by atoms with E-state index in [1.54, 1.807) is 42.5 Å². The highest BCUT2D eigenvalue weighted by Crippen LogP contribution is 2.53. The van der Waals surface area contributed by atoms with Crippen LogP contribution in [0.4, 0.5) is 4.39 Å². The van der Waals surface area contributed by atoms with Crippen LogP contribution in [0.5, 0.6) is 5.75 Å². The van der Waals surface area contributed by atoms with Crippen molar-refractivity contribution < 1.29 is 23.8 Å². The number of carbonyl (C=O) groups is 1. The predicted molar refractivity (Wildman–Crippen MR) is 165 cm³/mol. The fourth-order valence-electron chi connectivity index (χ4n) is 4.92. The van der Waals surface area contributed by atoms with E-state index < -0.39 is 17.4 Å². The van der Waals surface area contributed by atoms with E-state index in [4.69, 9.17) is 49.7 Å². The molecule has 4 rings (SSSR count). The van der Waals surface area contributed by atoms with Crippen molar-refractivity contribution in [2.45, 2.75) is 38.2 Å². The van der Waals surface area contributed by atoms with Crippen LogP contribution in [0.1, 0.15) is 59.7 Å². The molecule has 0 heterocycles. The lowest BCUT2D eigenvalue weighted by Gasteiger charge is -2.44. The van der Waals surface area contributed by atoms with Crippen LogP contribution in [0.3, 0.4) is 0 Å². The number of nitrogens with one attached hydrogen (secondary N) is 1. The fraction of sp³-hybridized carbons (Fsp3) is 0.290. The van der Waals surface area contributed by atoms with Crippen LogP contribution in [0, 0.1) is 17.1 Å². The van der Waals surface area contributed by atoms with E-state index in [9.17, 15) is 14.3 Å². The van der Waals surface area contributed by atoms with E-state index >= 15 is 0 Å². The first-order valence-electron chi connectivity index (χ1n) is 12.8. The number of benzene rings is 3. The van der Waals surface area contributed by atoms with Gasteiger partial charge in [0.25, 0.3) is 0 Å². The van der Waals surface area contributed by atoms with Gasteiger partial charge in [-0.3, -0.25) is 5.41 Å².